The molecule has 0 spiro atoms. The third kappa shape index (κ3) is 3.78. The summed E-state index contributed by atoms with van der Waals surface area (Å²) in [5.41, 5.74) is 0. The Morgan fingerprint density at radius 2 is 2.54 bits per heavy atom. The van der Waals surface area contributed by atoms with Gasteiger partial charge < -0.3 is 10.1 Å². The molecular formula is C10H15NO2. The third-order valence-corrected chi connectivity index (χ3v) is 1.92. The standard InChI is InChI=1S/C10H15NO2/c1-2-8-13-10(12)11-9-6-4-3-5-7-9/h2-4,9H,1,5-8H2,(H,11,12). The van der Waals surface area contributed by atoms with E-state index in [1.54, 1.807) is 6.08 Å². The number of hydrogen-bond acceptors (Lipinski definition) is 2. The number of alkyl carbamates (subject to hydrolysis) is 1. The van der Waals surface area contributed by atoms with Gasteiger partial charge in [0.05, 0.1) is 0 Å². The monoisotopic (exact) mass is 181 g/mol. The first kappa shape index (κ1) is 9.84. The molecule has 0 heterocycles. The molecule has 1 aliphatic carbocycles. The van der Waals surface area contributed by atoms with E-state index >= 15 is 0 Å². The number of ether oxygens (including phenoxy) is 1. The van der Waals surface area contributed by atoms with E-state index in [-0.39, 0.29) is 18.7 Å². The molecule has 13 heavy (non-hydrogen) atoms. The van der Waals surface area contributed by atoms with Gasteiger partial charge in [-0.05, 0) is 19.3 Å². The van der Waals surface area contributed by atoms with E-state index in [0.29, 0.717) is 0 Å². The van der Waals surface area contributed by atoms with Crippen LogP contribution in [0.3, 0.4) is 0 Å². The maximum absolute atomic E-state index is 11.1. The summed E-state index contributed by atoms with van der Waals surface area (Å²) in [5.74, 6) is 0. The van der Waals surface area contributed by atoms with Gasteiger partial charge in [0.15, 0.2) is 0 Å². The molecule has 0 saturated heterocycles. The molecule has 1 rings (SSSR count). The van der Waals surface area contributed by atoms with Crippen molar-refractivity contribution in [3.8, 4) is 0 Å². The predicted octanol–water partition coefficient (Wildman–Crippen LogP) is 2.01. The summed E-state index contributed by atoms with van der Waals surface area (Å²) in [6.07, 6.45) is 8.37. The zero-order valence-corrected chi connectivity index (χ0v) is 7.66. The van der Waals surface area contributed by atoms with Crippen LogP contribution in [0.1, 0.15) is 19.3 Å². The number of rotatable bonds is 3. The van der Waals surface area contributed by atoms with E-state index < -0.39 is 0 Å². The molecule has 1 unspecified atom stereocenters. The van der Waals surface area contributed by atoms with Crippen molar-refractivity contribution in [2.24, 2.45) is 0 Å². The highest BCUT2D eigenvalue weighted by Crippen LogP contribution is 2.10. The molecule has 1 amide bonds. The van der Waals surface area contributed by atoms with Crippen molar-refractivity contribution in [1.82, 2.24) is 5.32 Å². The van der Waals surface area contributed by atoms with E-state index in [1.165, 1.54) is 0 Å². The summed E-state index contributed by atoms with van der Waals surface area (Å²) in [5, 5.41) is 2.79. The fraction of sp³-hybridized carbons (Fsp3) is 0.500. The van der Waals surface area contributed by atoms with E-state index in [9.17, 15) is 4.79 Å². The fourth-order valence-corrected chi connectivity index (χ4v) is 1.27. The van der Waals surface area contributed by atoms with Crippen molar-refractivity contribution >= 4 is 6.09 Å². The first-order chi connectivity index (χ1) is 6.33. The van der Waals surface area contributed by atoms with Crippen molar-refractivity contribution in [2.45, 2.75) is 25.3 Å². The molecule has 3 heteroatoms. The molecule has 3 nitrogen and oxygen atoms in total. The first-order valence-electron chi connectivity index (χ1n) is 4.52. The SMILES string of the molecule is C=CCOC(=O)NC1CC=CCC1. The number of amides is 1. The van der Waals surface area contributed by atoms with Gasteiger partial charge in [0.25, 0.3) is 0 Å². The molecule has 0 aromatic carbocycles. The fourth-order valence-electron chi connectivity index (χ4n) is 1.27. The second-order valence-electron chi connectivity index (χ2n) is 3.01. The highest BCUT2D eigenvalue weighted by molar-refractivity contribution is 5.67. The Balaban J connectivity index is 2.19. The van der Waals surface area contributed by atoms with Crippen LogP contribution in [0.15, 0.2) is 24.8 Å². The number of nitrogens with one attached hydrogen (secondary N) is 1. The van der Waals surface area contributed by atoms with Gasteiger partial charge in [0.1, 0.15) is 6.61 Å². The Hall–Kier alpha value is -1.25. The predicted molar refractivity (Wildman–Crippen MR) is 51.5 cm³/mol. The molecular weight excluding hydrogens is 166 g/mol. The summed E-state index contributed by atoms with van der Waals surface area (Å²) in [7, 11) is 0. The Bertz CT molecular complexity index is 211. The lowest BCUT2D eigenvalue weighted by Crippen LogP contribution is -2.35. The summed E-state index contributed by atoms with van der Waals surface area (Å²) in [4.78, 5) is 11.1. The molecule has 0 saturated carbocycles. The molecule has 1 atom stereocenters. The number of hydrogen-bond donors (Lipinski definition) is 1. The highest BCUT2D eigenvalue weighted by Gasteiger charge is 2.12. The summed E-state index contributed by atoms with van der Waals surface area (Å²) in [6.45, 7) is 3.74. The van der Waals surface area contributed by atoms with Gasteiger partial charge in [-0.25, -0.2) is 4.79 Å². The summed E-state index contributed by atoms with van der Waals surface area (Å²) >= 11 is 0. The first-order valence-corrected chi connectivity index (χ1v) is 4.52. The lowest BCUT2D eigenvalue weighted by molar-refractivity contribution is 0.153. The van der Waals surface area contributed by atoms with Crippen LogP contribution in [-0.4, -0.2) is 18.7 Å². The van der Waals surface area contributed by atoms with Crippen LogP contribution >= 0.6 is 0 Å². The minimum atomic E-state index is -0.347. The molecule has 0 radical (unpaired) electrons. The van der Waals surface area contributed by atoms with Crippen molar-refractivity contribution < 1.29 is 9.53 Å². The smallest absolute Gasteiger partial charge is 0.407 e. The molecule has 0 bridgehead atoms. The van der Waals surface area contributed by atoms with E-state index in [4.69, 9.17) is 4.74 Å². The van der Waals surface area contributed by atoms with Gasteiger partial charge in [-0.3, -0.25) is 0 Å². The zero-order valence-electron chi connectivity index (χ0n) is 7.66. The quantitative estimate of drug-likeness (QED) is 0.676. The van der Waals surface area contributed by atoms with Crippen molar-refractivity contribution in [3.63, 3.8) is 0 Å². The van der Waals surface area contributed by atoms with Gasteiger partial charge in [-0.15, -0.1) is 0 Å². The zero-order chi connectivity index (χ0) is 9.52. The normalized spacial score (nSPS) is 20.8. The van der Waals surface area contributed by atoms with Crippen molar-refractivity contribution in [2.75, 3.05) is 6.61 Å². The van der Waals surface area contributed by atoms with Gasteiger partial charge in [0, 0.05) is 6.04 Å². The highest BCUT2D eigenvalue weighted by atomic mass is 16.5. The van der Waals surface area contributed by atoms with Crippen LogP contribution in [0, 0.1) is 0 Å². The average molecular weight is 181 g/mol. The van der Waals surface area contributed by atoms with Crippen LogP contribution in [-0.2, 0) is 4.74 Å². The lowest BCUT2D eigenvalue weighted by Gasteiger charge is -2.18. The van der Waals surface area contributed by atoms with E-state index in [1.807, 2.05) is 0 Å². The van der Waals surface area contributed by atoms with Crippen LogP contribution in [0.25, 0.3) is 0 Å². The number of carbonyl (C=O) groups is 1. The van der Waals surface area contributed by atoms with Gasteiger partial charge in [0.2, 0.25) is 0 Å². The molecule has 72 valence electrons. The van der Waals surface area contributed by atoms with Crippen molar-refractivity contribution in [3.05, 3.63) is 24.8 Å². The molecule has 0 aliphatic heterocycles. The average Bonchev–Trinajstić information content (AvgIpc) is 2.16. The molecule has 0 fully saturated rings. The Kier molecular flexibility index (Phi) is 4.09. The number of allylic oxidation sites excluding steroid dienone is 1. The van der Waals surface area contributed by atoms with E-state index in [2.05, 4.69) is 24.0 Å². The minimum absolute atomic E-state index is 0.238. The van der Waals surface area contributed by atoms with Gasteiger partial charge in [-0.1, -0.05) is 24.8 Å². The van der Waals surface area contributed by atoms with Crippen LogP contribution < -0.4 is 5.32 Å². The molecule has 1 aliphatic rings. The Labute approximate surface area is 78.5 Å². The van der Waals surface area contributed by atoms with Crippen LogP contribution in [0.2, 0.25) is 0 Å². The maximum atomic E-state index is 11.1. The molecule has 1 N–H and O–H groups in total. The summed E-state index contributed by atoms with van der Waals surface area (Å²) < 4.78 is 4.80. The molecule has 0 aromatic heterocycles. The lowest BCUT2D eigenvalue weighted by atomic mass is 10.0. The van der Waals surface area contributed by atoms with E-state index in [0.717, 1.165) is 19.3 Å². The van der Waals surface area contributed by atoms with Gasteiger partial charge in [-0.2, -0.15) is 0 Å². The second kappa shape index (κ2) is 5.41. The topological polar surface area (TPSA) is 38.3 Å². The van der Waals surface area contributed by atoms with Crippen LogP contribution in [0.5, 0.6) is 0 Å². The Morgan fingerprint density at radius 1 is 1.69 bits per heavy atom. The maximum Gasteiger partial charge on any atom is 0.407 e. The minimum Gasteiger partial charge on any atom is -0.445 e. The molecule has 0 aromatic rings. The Morgan fingerprint density at radius 3 is 3.15 bits per heavy atom. The third-order valence-electron chi connectivity index (χ3n) is 1.92. The second-order valence-corrected chi connectivity index (χ2v) is 3.01. The summed E-state index contributed by atoms with van der Waals surface area (Å²) in [6, 6.07) is 0.238. The van der Waals surface area contributed by atoms with Gasteiger partial charge >= 0.3 is 6.09 Å². The van der Waals surface area contributed by atoms with Crippen LogP contribution in [0.4, 0.5) is 4.79 Å². The number of carbonyl (C=O) groups excluding carboxylic acids is 1. The van der Waals surface area contributed by atoms with Crippen molar-refractivity contribution in [1.29, 1.82) is 0 Å². The largest absolute Gasteiger partial charge is 0.445 e.